The molecule has 0 aromatic heterocycles. The second kappa shape index (κ2) is 3.40. The van der Waals surface area contributed by atoms with Crippen molar-refractivity contribution in [2.45, 2.75) is 21.8 Å². The fourth-order valence-electron chi connectivity index (χ4n) is 0.418. The van der Waals surface area contributed by atoms with Crippen molar-refractivity contribution >= 4 is 32.7 Å². The van der Waals surface area contributed by atoms with Crippen molar-refractivity contribution in [1.29, 1.82) is 0 Å². The summed E-state index contributed by atoms with van der Waals surface area (Å²) >= 11 is 0.312. The van der Waals surface area contributed by atoms with Crippen LogP contribution in [-0.4, -0.2) is 27.8 Å². The second-order valence-electron chi connectivity index (χ2n) is 2.45. The molecule has 0 aliphatic heterocycles. The first kappa shape index (κ1) is 14.3. The van der Waals surface area contributed by atoms with E-state index in [1.54, 1.807) is 0 Å². The van der Waals surface area contributed by atoms with E-state index in [0.717, 1.165) is 0 Å². The van der Waals surface area contributed by atoms with Gasteiger partial charge in [0.25, 0.3) is 0 Å². The molecule has 0 aliphatic carbocycles. The fraction of sp³-hybridized carbons (Fsp3) is 1.00. The Morgan fingerprint density at radius 2 is 1.43 bits per heavy atom. The molecular weight excluding hydrogens is 350 g/mol. The normalized spacial score (nSPS) is 19.1. The number of alkyl halides is 6. The molecule has 1 atom stereocenters. The standard InChI is InChI=1S/C4H4F5IO3S/c1-2(5,10)3(6,7)4(8,9)14(11,12)13/h1H3,(H,11,12,13). The average Bonchev–Trinajstić information content (AvgIpc) is 1.81. The minimum absolute atomic E-state index is 0.0622. The molecule has 0 fully saturated rings. The van der Waals surface area contributed by atoms with Crippen molar-refractivity contribution in [3.05, 3.63) is 0 Å². The number of hydrogen-bond donors (Lipinski definition) is 1. The lowest BCUT2D eigenvalue weighted by molar-refractivity contribution is -0.198. The van der Waals surface area contributed by atoms with Crippen molar-refractivity contribution in [3.8, 4) is 0 Å². The average molecular weight is 354 g/mol. The van der Waals surface area contributed by atoms with Crippen LogP contribution in [0, 0.1) is 0 Å². The maximum absolute atomic E-state index is 12.6. The van der Waals surface area contributed by atoms with E-state index < -0.39 is 25.0 Å². The summed E-state index contributed by atoms with van der Waals surface area (Å²) < 4.78 is 86.2. The Hall–Kier alpha value is 0.290. The van der Waals surface area contributed by atoms with Gasteiger partial charge in [0, 0.05) is 0 Å². The summed E-state index contributed by atoms with van der Waals surface area (Å²) in [4.78, 5) is 0. The highest BCUT2D eigenvalue weighted by Crippen LogP contribution is 2.49. The number of hydrogen-bond acceptors (Lipinski definition) is 2. The summed E-state index contributed by atoms with van der Waals surface area (Å²) in [7, 11) is -6.37. The molecule has 10 heteroatoms. The Bertz CT molecular complexity index is 318. The highest BCUT2D eigenvalue weighted by Gasteiger charge is 2.73. The number of halogens is 6. The summed E-state index contributed by atoms with van der Waals surface area (Å²) in [5, 5.41) is -5.87. The van der Waals surface area contributed by atoms with Gasteiger partial charge in [0.1, 0.15) is 0 Å². The largest absolute Gasteiger partial charge is 0.435 e. The van der Waals surface area contributed by atoms with Gasteiger partial charge in [-0.3, -0.25) is 4.55 Å². The van der Waals surface area contributed by atoms with Crippen LogP contribution in [0.2, 0.25) is 0 Å². The van der Waals surface area contributed by atoms with Crippen LogP contribution in [-0.2, 0) is 10.1 Å². The van der Waals surface area contributed by atoms with Crippen molar-refractivity contribution in [2.24, 2.45) is 0 Å². The predicted molar refractivity (Wildman–Crippen MR) is 45.0 cm³/mol. The molecule has 3 nitrogen and oxygen atoms in total. The van der Waals surface area contributed by atoms with Crippen LogP contribution in [0.1, 0.15) is 6.92 Å². The molecule has 14 heavy (non-hydrogen) atoms. The van der Waals surface area contributed by atoms with Crippen LogP contribution in [0.3, 0.4) is 0 Å². The van der Waals surface area contributed by atoms with E-state index in [0.29, 0.717) is 22.6 Å². The van der Waals surface area contributed by atoms with Crippen LogP contribution in [0.4, 0.5) is 22.0 Å². The van der Waals surface area contributed by atoms with E-state index in [-0.39, 0.29) is 6.92 Å². The van der Waals surface area contributed by atoms with Gasteiger partial charge in [-0.2, -0.15) is 26.0 Å². The molecule has 0 saturated heterocycles. The molecule has 0 rings (SSSR count). The van der Waals surface area contributed by atoms with Gasteiger partial charge in [0.05, 0.1) is 0 Å². The Balaban J connectivity index is 5.54. The van der Waals surface area contributed by atoms with E-state index >= 15 is 0 Å². The van der Waals surface area contributed by atoms with Crippen LogP contribution < -0.4 is 0 Å². The molecule has 86 valence electrons. The molecule has 0 radical (unpaired) electrons. The van der Waals surface area contributed by atoms with Gasteiger partial charge in [-0.15, -0.1) is 0 Å². The first-order chi connectivity index (χ1) is 5.75. The van der Waals surface area contributed by atoms with Crippen molar-refractivity contribution < 1.29 is 34.9 Å². The maximum Gasteiger partial charge on any atom is 0.435 e. The first-order valence-electron chi connectivity index (χ1n) is 2.85. The van der Waals surface area contributed by atoms with Crippen molar-refractivity contribution in [3.63, 3.8) is 0 Å². The highest BCUT2D eigenvalue weighted by molar-refractivity contribution is 14.1. The lowest BCUT2D eigenvalue weighted by Crippen LogP contribution is -2.55. The SMILES string of the molecule is CC(F)(I)C(F)(F)C(F)(F)S(=O)(=O)O. The van der Waals surface area contributed by atoms with E-state index in [4.69, 9.17) is 4.55 Å². The Morgan fingerprint density at radius 3 is 1.50 bits per heavy atom. The number of rotatable bonds is 3. The summed E-state index contributed by atoms with van der Waals surface area (Å²) in [6.07, 6.45) is 0. The molecule has 0 aliphatic rings. The highest BCUT2D eigenvalue weighted by atomic mass is 127. The van der Waals surface area contributed by atoms with E-state index in [1.807, 2.05) is 0 Å². The minimum atomic E-state index is -6.37. The molecule has 1 N–H and O–H groups in total. The van der Waals surface area contributed by atoms with Gasteiger partial charge in [0.15, 0.2) is 0 Å². The predicted octanol–water partition coefficient (Wildman–Crippen LogP) is 2.22. The topological polar surface area (TPSA) is 54.4 Å². The molecule has 0 amide bonds. The van der Waals surface area contributed by atoms with E-state index in [2.05, 4.69) is 0 Å². The van der Waals surface area contributed by atoms with Crippen molar-refractivity contribution in [1.82, 2.24) is 0 Å². The first-order valence-corrected chi connectivity index (χ1v) is 5.37. The van der Waals surface area contributed by atoms with E-state index in [9.17, 15) is 30.4 Å². The molecule has 1 unspecified atom stereocenters. The Morgan fingerprint density at radius 1 is 1.14 bits per heavy atom. The quantitative estimate of drug-likeness (QED) is 0.366. The third kappa shape index (κ3) is 2.10. The fourth-order valence-corrected chi connectivity index (χ4v) is 1.45. The van der Waals surface area contributed by atoms with Gasteiger partial charge < -0.3 is 0 Å². The molecule has 0 bridgehead atoms. The van der Waals surface area contributed by atoms with Gasteiger partial charge >= 0.3 is 21.3 Å². The molecule has 0 spiro atoms. The summed E-state index contributed by atoms with van der Waals surface area (Å²) in [5.41, 5.74) is 0. The van der Waals surface area contributed by atoms with Crippen molar-refractivity contribution in [2.75, 3.05) is 0 Å². The maximum atomic E-state index is 12.6. The summed E-state index contributed by atoms with van der Waals surface area (Å²) in [6, 6.07) is 0. The molecule has 0 heterocycles. The van der Waals surface area contributed by atoms with Crippen LogP contribution in [0.15, 0.2) is 0 Å². The zero-order chi connectivity index (χ0) is 12.0. The third-order valence-corrected chi connectivity index (χ3v) is 2.82. The van der Waals surface area contributed by atoms with Gasteiger partial charge in [-0.25, -0.2) is 4.39 Å². The Labute approximate surface area is 89.6 Å². The molecule has 0 aromatic carbocycles. The lowest BCUT2D eigenvalue weighted by atomic mass is 10.2. The Kier molecular flexibility index (Phi) is 3.47. The molecule has 0 saturated carbocycles. The van der Waals surface area contributed by atoms with Gasteiger partial charge in [-0.05, 0) is 29.5 Å². The third-order valence-electron chi connectivity index (χ3n) is 1.24. The second-order valence-corrected chi connectivity index (χ2v) is 5.94. The van der Waals surface area contributed by atoms with Crippen LogP contribution in [0.5, 0.6) is 0 Å². The minimum Gasteiger partial charge on any atom is -0.281 e. The van der Waals surface area contributed by atoms with Crippen LogP contribution in [0.25, 0.3) is 0 Å². The monoisotopic (exact) mass is 354 g/mol. The van der Waals surface area contributed by atoms with Gasteiger partial charge in [-0.1, -0.05) is 0 Å². The van der Waals surface area contributed by atoms with E-state index in [1.165, 1.54) is 0 Å². The summed E-state index contributed by atoms with van der Waals surface area (Å²) in [5.74, 6) is -5.53. The summed E-state index contributed by atoms with van der Waals surface area (Å²) in [6.45, 7) is 0.0622. The zero-order valence-electron chi connectivity index (χ0n) is 6.44. The van der Waals surface area contributed by atoms with Gasteiger partial charge in [0.2, 0.25) is 3.68 Å². The zero-order valence-corrected chi connectivity index (χ0v) is 9.41. The smallest absolute Gasteiger partial charge is 0.281 e. The molecule has 0 aromatic rings. The molecular formula is C4H4F5IO3S. The van der Waals surface area contributed by atoms with Crippen LogP contribution >= 0.6 is 22.6 Å². The lowest BCUT2D eigenvalue weighted by Gasteiger charge is -2.29.